The summed E-state index contributed by atoms with van der Waals surface area (Å²) in [7, 11) is 0. The lowest BCUT2D eigenvalue weighted by atomic mass is 9.81. The maximum absolute atomic E-state index is 11.5. The predicted octanol–water partition coefficient (Wildman–Crippen LogP) is 3.83. The van der Waals surface area contributed by atoms with E-state index in [4.69, 9.17) is 0 Å². The molecular formula is C19H21NO. The summed E-state index contributed by atoms with van der Waals surface area (Å²) in [5, 5.41) is 0. The number of hydrogen-bond acceptors (Lipinski definition) is 1. The summed E-state index contributed by atoms with van der Waals surface area (Å²) in [4.78, 5) is 13.5. The lowest BCUT2D eigenvalue weighted by Gasteiger charge is -2.38. The minimum atomic E-state index is 0.262. The van der Waals surface area contributed by atoms with Gasteiger partial charge in [0, 0.05) is 18.5 Å². The van der Waals surface area contributed by atoms with Crippen molar-refractivity contribution in [3.8, 4) is 0 Å². The lowest BCUT2D eigenvalue weighted by molar-refractivity contribution is -0.121. The van der Waals surface area contributed by atoms with Crippen LogP contribution < -0.4 is 0 Å². The van der Waals surface area contributed by atoms with E-state index in [1.165, 1.54) is 17.5 Å². The van der Waals surface area contributed by atoms with Gasteiger partial charge in [-0.25, -0.2) is 0 Å². The van der Waals surface area contributed by atoms with Gasteiger partial charge in [0.1, 0.15) is 0 Å². The van der Waals surface area contributed by atoms with E-state index in [9.17, 15) is 4.79 Å². The summed E-state index contributed by atoms with van der Waals surface area (Å²) in [5.74, 6) is 0.262. The lowest BCUT2D eigenvalue weighted by Crippen LogP contribution is -2.42. The minimum Gasteiger partial charge on any atom is -0.341 e. The first-order chi connectivity index (χ1) is 10.4. The van der Waals surface area contributed by atoms with Crippen LogP contribution in [0.15, 0.2) is 60.7 Å². The van der Waals surface area contributed by atoms with Gasteiger partial charge in [-0.05, 0) is 30.4 Å². The Balaban J connectivity index is 2.01. The van der Waals surface area contributed by atoms with Gasteiger partial charge in [0.05, 0.1) is 0 Å². The molecule has 0 aliphatic carbocycles. The number of benzene rings is 2. The second-order valence-corrected chi connectivity index (χ2v) is 5.71. The molecule has 3 rings (SSSR count). The zero-order valence-corrected chi connectivity index (χ0v) is 12.2. The first-order valence-electron chi connectivity index (χ1n) is 7.71. The van der Waals surface area contributed by atoms with E-state index in [1.807, 2.05) is 17.0 Å². The summed E-state index contributed by atoms with van der Waals surface area (Å²) >= 11 is 0. The molecule has 2 nitrogen and oxygen atoms in total. The molecule has 108 valence electrons. The fraction of sp³-hybridized carbons (Fsp3) is 0.316. The molecule has 0 radical (unpaired) electrons. The van der Waals surface area contributed by atoms with Crippen LogP contribution >= 0.6 is 0 Å². The standard InChI is InChI=1S/C19H21NO/c21-15-20-14-8-7-13-18(20)19(16-9-3-1-4-10-16)17-11-5-2-6-12-17/h1-6,9-12,15,18-19H,7-8,13-14H2. The van der Waals surface area contributed by atoms with Gasteiger partial charge >= 0.3 is 0 Å². The van der Waals surface area contributed by atoms with Gasteiger partial charge in [-0.3, -0.25) is 4.79 Å². The van der Waals surface area contributed by atoms with Crippen molar-refractivity contribution < 1.29 is 4.79 Å². The largest absolute Gasteiger partial charge is 0.341 e. The molecule has 1 amide bonds. The molecule has 1 unspecified atom stereocenters. The van der Waals surface area contributed by atoms with Crippen LogP contribution in [0.4, 0.5) is 0 Å². The Morgan fingerprint density at radius 2 is 1.48 bits per heavy atom. The number of carbonyl (C=O) groups excluding carboxylic acids is 1. The number of nitrogens with zero attached hydrogens (tertiary/aromatic N) is 1. The molecule has 0 aromatic heterocycles. The quantitative estimate of drug-likeness (QED) is 0.779. The molecule has 1 heterocycles. The van der Waals surface area contributed by atoms with Crippen molar-refractivity contribution >= 4 is 6.41 Å². The van der Waals surface area contributed by atoms with E-state index in [2.05, 4.69) is 48.5 Å². The fourth-order valence-corrected chi connectivity index (χ4v) is 3.43. The normalized spacial score (nSPS) is 18.7. The molecule has 2 aromatic carbocycles. The Bertz CT molecular complexity index is 527. The smallest absolute Gasteiger partial charge is 0.209 e. The Labute approximate surface area is 126 Å². The zero-order chi connectivity index (χ0) is 14.5. The Morgan fingerprint density at radius 1 is 0.905 bits per heavy atom. The highest BCUT2D eigenvalue weighted by Crippen LogP contribution is 2.35. The van der Waals surface area contributed by atoms with Crippen LogP contribution in [0.1, 0.15) is 36.3 Å². The molecule has 0 N–H and O–H groups in total. The van der Waals surface area contributed by atoms with Gasteiger partial charge in [0.2, 0.25) is 6.41 Å². The van der Waals surface area contributed by atoms with Gasteiger partial charge < -0.3 is 4.90 Å². The third kappa shape index (κ3) is 2.99. The minimum absolute atomic E-state index is 0.262. The van der Waals surface area contributed by atoms with Crippen LogP contribution in [-0.2, 0) is 4.79 Å². The van der Waals surface area contributed by atoms with E-state index in [1.54, 1.807) is 0 Å². The molecule has 1 atom stereocenters. The van der Waals surface area contributed by atoms with E-state index in [0.29, 0.717) is 0 Å². The second-order valence-electron chi connectivity index (χ2n) is 5.71. The summed E-state index contributed by atoms with van der Waals surface area (Å²) < 4.78 is 0. The van der Waals surface area contributed by atoms with Crippen LogP contribution in [-0.4, -0.2) is 23.9 Å². The molecule has 0 bridgehead atoms. The fourth-order valence-electron chi connectivity index (χ4n) is 3.43. The Morgan fingerprint density at radius 3 is 2.00 bits per heavy atom. The van der Waals surface area contributed by atoms with Crippen molar-refractivity contribution in [2.24, 2.45) is 0 Å². The van der Waals surface area contributed by atoms with Gasteiger partial charge in [-0.15, -0.1) is 0 Å². The number of carbonyl (C=O) groups is 1. The Kier molecular flexibility index (Phi) is 4.34. The molecule has 0 spiro atoms. The SMILES string of the molecule is O=CN1CCCCC1C(c1ccccc1)c1ccccc1. The van der Waals surface area contributed by atoms with E-state index < -0.39 is 0 Å². The second kappa shape index (κ2) is 6.57. The zero-order valence-electron chi connectivity index (χ0n) is 12.2. The van der Waals surface area contributed by atoms with E-state index in [0.717, 1.165) is 25.8 Å². The van der Waals surface area contributed by atoms with Crippen LogP contribution in [0.3, 0.4) is 0 Å². The van der Waals surface area contributed by atoms with Crippen LogP contribution in [0.2, 0.25) is 0 Å². The number of piperidine rings is 1. The molecule has 1 aliphatic rings. The van der Waals surface area contributed by atoms with Crippen molar-refractivity contribution in [3.63, 3.8) is 0 Å². The number of likely N-dealkylation sites (tertiary alicyclic amines) is 1. The van der Waals surface area contributed by atoms with Crippen LogP contribution in [0, 0.1) is 0 Å². The van der Waals surface area contributed by atoms with Crippen molar-refractivity contribution in [1.29, 1.82) is 0 Å². The molecule has 1 aliphatic heterocycles. The first kappa shape index (κ1) is 13.9. The molecule has 2 aromatic rings. The molecular weight excluding hydrogens is 258 g/mol. The third-order valence-electron chi connectivity index (χ3n) is 4.43. The number of amides is 1. The monoisotopic (exact) mass is 279 g/mol. The summed E-state index contributed by atoms with van der Waals surface area (Å²) in [6.45, 7) is 0.879. The van der Waals surface area contributed by atoms with Crippen LogP contribution in [0.25, 0.3) is 0 Å². The number of hydrogen-bond donors (Lipinski definition) is 0. The predicted molar refractivity (Wildman–Crippen MR) is 85.1 cm³/mol. The van der Waals surface area contributed by atoms with Crippen molar-refractivity contribution in [2.75, 3.05) is 6.54 Å². The maximum Gasteiger partial charge on any atom is 0.209 e. The molecule has 0 saturated carbocycles. The summed E-state index contributed by atoms with van der Waals surface area (Å²) in [5.41, 5.74) is 2.59. The molecule has 2 heteroatoms. The topological polar surface area (TPSA) is 20.3 Å². The molecule has 1 saturated heterocycles. The number of rotatable bonds is 4. The van der Waals surface area contributed by atoms with E-state index >= 15 is 0 Å². The molecule has 1 fully saturated rings. The Hall–Kier alpha value is -2.09. The third-order valence-corrected chi connectivity index (χ3v) is 4.43. The van der Waals surface area contributed by atoms with Gasteiger partial charge in [0.15, 0.2) is 0 Å². The molecule has 21 heavy (non-hydrogen) atoms. The van der Waals surface area contributed by atoms with Gasteiger partial charge in [-0.1, -0.05) is 60.7 Å². The van der Waals surface area contributed by atoms with Crippen LogP contribution in [0.5, 0.6) is 0 Å². The van der Waals surface area contributed by atoms with Gasteiger partial charge in [0.25, 0.3) is 0 Å². The summed E-state index contributed by atoms with van der Waals surface area (Å²) in [6, 6.07) is 21.4. The average Bonchev–Trinajstić information content (AvgIpc) is 2.58. The highest BCUT2D eigenvalue weighted by molar-refractivity contribution is 5.49. The summed E-state index contributed by atoms with van der Waals surface area (Å²) in [6.07, 6.45) is 4.42. The van der Waals surface area contributed by atoms with Crippen molar-refractivity contribution in [2.45, 2.75) is 31.2 Å². The van der Waals surface area contributed by atoms with Crippen molar-refractivity contribution in [3.05, 3.63) is 71.8 Å². The maximum atomic E-state index is 11.5. The van der Waals surface area contributed by atoms with E-state index in [-0.39, 0.29) is 12.0 Å². The highest BCUT2D eigenvalue weighted by Gasteiger charge is 2.31. The van der Waals surface area contributed by atoms with Gasteiger partial charge in [-0.2, -0.15) is 0 Å². The highest BCUT2D eigenvalue weighted by atomic mass is 16.1. The van der Waals surface area contributed by atoms with Crippen molar-refractivity contribution in [1.82, 2.24) is 4.90 Å². The average molecular weight is 279 g/mol. The first-order valence-corrected chi connectivity index (χ1v) is 7.71.